The van der Waals surface area contributed by atoms with Crippen molar-refractivity contribution >= 4 is 11.6 Å². The Balaban J connectivity index is 1.85. The Morgan fingerprint density at radius 3 is 2.68 bits per heavy atom. The number of carbonyl (C=O) groups excluding carboxylic acids is 1. The van der Waals surface area contributed by atoms with Crippen LogP contribution in [0, 0.1) is 0 Å². The number of rotatable bonds is 7. The molecular weight excluding hydrogens is 312 g/mol. The predicted molar refractivity (Wildman–Crippen MR) is 99.7 cm³/mol. The van der Waals surface area contributed by atoms with Crippen molar-refractivity contribution in [2.24, 2.45) is 0 Å². The van der Waals surface area contributed by atoms with Gasteiger partial charge in [-0.05, 0) is 31.8 Å². The molecule has 1 aromatic carbocycles. The summed E-state index contributed by atoms with van der Waals surface area (Å²) in [5.41, 5.74) is 3.05. The SMILES string of the molecule is CN(C)CCNC(=O)C[C@H](c1ccccc1)c1cnc2ccccn12. The molecule has 0 saturated heterocycles. The van der Waals surface area contributed by atoms with Crippen LogP contribution in [0.4, 0.5) is 0 Å². The first kappa shape index (κ1) is 17.2. The van der Waals surface area contributed by atoms with Gasteiger partial charge in [-0.25, -0.2) is 4.98 Å². The summed E-state index contributed by atoms with van der Waals surface area (Å²) in [6.45, 7) is 1.48. The Hall–Kier alpha value is -2.66. The van der Waals surface area contributed by atoms with Gasteiger partial charge in [0.05, 0.1) is 5.69 Å². The minimum Gasteiger partial charge on any atom is -0.355 e. The quantitative estimate of drug-likeness (QED) is 0.721. The Morgan fingerprint density at radius 1 is 1.16 bits per heavy atom. The fourth-order valence-corrected chi connectivity index (χ4v) is 2.96. The van der Waals surface area contributed by atoms with Crippen LogP contribution >= 0.6 is 0 Å². The normalized spacial score (nSPS) is 12.4. The van der Waals surface area contributed by atoms with E-state index in [1.807, 2.05) is 62.9 Å². The van der Waals surface area contributed by atoms with E-state index < -0.39 is 0 Å². The summed E-state index contributed by atoms with van der Waals surface area (Å²) < 4.78 is 2.06. The maximum atomic E-state index is 12.5. The lowest BCUT2D eigenvalue weighted by Crippen LogP contribution is -2.32. The van der Waals surface area contributed by atoms with Crippen molar-refractivity contribution in [3.05, 3.63) is 72.2 Å². The average molecular weight is 336 g/mol. The molecule has 0 bridgehead atoms. The zero-order valence-electron chi connectivity index (χ0n) is 14.7. The van der Waals surface area contributed by atoms with E-state index in [1.54, 1.807) is 0 Å². The minimum absolute atomic E-state index is 0.0297. The van der Waals surface area contributed by atoms with E-state index in [-0.39, 0.29) is 11.8 Å². The Labute approximate surface area is 148 Å². The van der Waals surface area contributed by atoms with E-state index in [9.17, 15) is 4.79 Å². The van der Waals surface area contributed by atoms with Crippen LogP contribution in [0.3, 0.4) is 0 Å². The highest BCUT2D eigenvalue weighted by atomic mass is 16.1. The maximum Gasteiger partial charge on any atom is 0.221 e. The van der Waals surface area contributed by atoms with Crippen LogP contribution in [0.1, 0.15) is 23.6 Å². The number of likely N-dealkylation sites (N-methyl/N-ethyl adjacent to an activating group) is 1. The number of nitrogens with zero attached hydrogens (tertiary/aromatic N) is 3. The third kappa shape index (κ3) is 4.25. The zero-order valence-corrected chi connectivity index (χ0v) is 14.7. The topological polar surface area (TPSA) is 49.6 Å². The van der Waals surface area contributed by atoms with Crippen LogP contribution in [0.25, 0.3) is 5.65 Å². The second kappa shape index (κ2) is 7.94. The Kier molecular flexibility index (Phi) is 5.46. The fourth-order valence-electron chi connectivity index (χ4n) is 2.96. The molecule has 3 aromatic rings. The molecule has 0 spiro atoms. The number of amides is 1. The number of pyridine rings is 1. The summed E-state index contributed by atoms with van der Waals surface area (Å²) in [6.07, 6.45) is 4.28. The monoisotopic (exact) mass is 336 g/mol. The van der Waals surface area contributed by atoms with Gasteiger partial charge in [-0.1, -0.05) is 36.4 Å². The molecule has 0 aliphatic carbocycles. The standard InChI is InChI=1S/C20H24N4O/c1-23(2)13-11-21-20(25)14-17(16-8-4-3-5-9-16)18-15-22-19-10-6-7-12-24(18)19/h3-10,12,15,17H,11,13-14H2,1-2H3,(H,21,25)/t17-/m1/s1. The molecule has 0 aliphatic heterocycles. The number of carbonyl (C=O) groups is 1. The first-order chi connectivity index (χ1) is 12.1. The lowest BCUT2D eigenvalue weighted by Gasteiger charge is -2.18. The number of hydrogen-bond acceptors (Lipinski definition) is 3. The molecule has 2 heterocycles. The molecule has 1 amide bonds. The van der Waals surface area contributed by atoms with Gasteiger partial charge < -0.3 is 14.6 Å². The van der Waals surface area contributed by atoms with Crippen LogP contribution in [-0.2, 0) is 4.79 Å². The summed E-state index contributed by atoms with van der Waals surface area (Å²) in [4.78, 5) is 19.0. The van der Waals surface area contributed by atoms with Crippen LogP contribution in [0.5, 0.6) is 0 Å². The van der Waals surface area contributed by atoms with Crippen molar-refractivity contribution < 1.29 is 4.79 Å². The molecule has 5 heteroatoms. The van der Waals surface area contributed by atoms with E-state index in [1.165, 1.54) is 0 Å². The van der Waals surface area contributed by atoms with Gasteiger partial charge in [0.2, 0.25) is 5.91 Å². The summed E-state index contributed by atoms with van der Waals surface area (Å²) >= 11 is 0. The number of nitrogens with one attached hydrogen (secondary N) is 1. The fraction of sp³-hybridized carbons (Fsp3) is 0.300. The molecule has 0 unspecified atom stereocenters. The number of benzene rings is 1. The lowest BCUT2D eigenvalue weighted by molar-refractivity contribution is -0.121. The molecule has 1 N–H and O–H groups in total. The molecule has 3 rings (SSSR count). The maximum absolute atomic E-state index is 12.5. The van der Waals surface area contributed by atoms with Gasteiger partial charge in [-0.2, -0.15) is 0 Å². The third-order valence-corrected chi connectivity index (χ3v) is 4.28. The van der Waals surface area contributed by atoms with Crippen LogP contribution < -0.4 is 5.32 Å². The summed E-state index contributed by atoms with van der Waals surface area (Å²) in [6, 6.07) is 16.1. The van der Waals surface area contributed by atoms with Gasteiger partial charge in [-0.15, -0.1) is 0 Å². The molecule has 130 valence electrons. The van der Waals surface area contributed by atoms with Crippen molar-refractivity contribution in [2.45, 2.75) is 12.3 Å². The highest BCUT2D eigenvalue weighted by Gasteiger charge is 2.21. The second-order valence-electron chi connectivity index (χ2n) is 6.43. The Morgan fingerprint density at radius 2 is 1.92 bits per heavy atom. The number of fused-ring (bicyclic) bond motifs is 1. The minimum atomic E-state index is -0.0297. The highest BCUT2D eigenvalue weighted by molar-refractivity contribution is 5.77. The summed E-state index contributed by atoms with van der Waals surface area (Å²) in [5, 5.41) is 3.01. The van der Waals surface area contributed by atoms with Crippen LogP contribution in [0.2, 0.25) is 0 Å². The van der Waals surface area contributed by atoms with Crippen molar-refractivity contribution in [2.75, 3.05) is 27.2 Å². The molecule has 1 atom stereocenters. The second-order valence-corrected chi connectivity index (χ2v) is 6.43. The summed E-state index contributed by atoms with van der Waals surface area (Å²) in [5.74, 6) is 0.0274. The van der Waals surface area contributed by atoms with E-state index >= 15 is 0 Å². The van der Waals surface area contributed by atoms with Gasteiger partial charge in [0, 0.05) is 37.8 Å². The van der Waals surface area contributed by atoms with Crippen LogP contribution in [0.15, 0.2) is 60.9 Å². The van der Waals surface area contributed by atoms with Crippen molar-refractivity contribution in [1.82, 2.24) is 19.6 Å². The molecule has 0 fully saturated rings. The van der Waals surface area contributed by atoms with Gasteiger partial charge in [-0.3, -0.25) is 4.79 Å². The first-order valence-electron chi connectivity index (χ1n) is 8.53. The smallest absolute Gasteiger partial charge is 0.221 e. The zero-order chi connectivity index (χ0) is 17.6. The van der Waals surface area contributed by atoms with E-state index in [4.69, 9.17) is 0 Å². The van der Waals surface area contributed by atoms with Crippen molar-refractivity contribution in [1.29, 1.82) is 0 Å². The molecule has 0 radical (unpaired) electrons. The molecule has 5 nitrogen and oxygen atoms in total. The predicted octanol–water partition coefficient (Wildman–Crippen LogP) is 2.53. The van der Waals surface area contributed by atoms with Crippen LogP contribution in [-0.4, -0.2) is 47.4 Å². The lowest BCUT2D eigenvalue weighted by atomic mass is 9.92. The molecular formula is C20H24N4O. The molecule has 25 heavy (non-hydrogen) atoms. The molecule has 0 aliphatic rings. The molecule has 0 saturated carbocycles. The van der Waals surface area contributed by atoms with E-state index in [2.05, 4.69) is 31.7 Å². The van der Waals surface area contributed by atoms with Gasteiger partial charge in [0.1, 0.15) is 5.65 Å². The van der Waals surface area contributed by atoms with E-state index in [0.717, 1.165) is 23.4 Å². The largest absolute Gasteiger partial charge is 0.355 e. The highest BCUT2D eigenvalue weighted by Crippen LogP contribution is 2.28. The van der Waals surface area contributed by atoms with Gasteiger partial charge in [0.15, 0.2) is 0 Å². The number of aromatic nitrogens is 2. The van der Waals surface area contributed by atoms with Crippen molar-refractivity contribution in [3.8, 4) is 0 Å². The molecule has 2 aromatic heterocycles. The number of hydrogen-bond donors (Lipinski definition) is 1. The third-order valence-electron chi connectivity index (χ3n) is 4.28. The van der Waals surface area contributed by atoms with E-state index in [0.29, 0.717) is 13.0 Å². The van der Waals surface area contributed by atoms with Gasteiger partial charge in [0.25, 0.3) is 0 Å². The summed E-state index contributed by atoms with van der Waals surface area (Å²) in [7, 11) is 3.99. The average Bonchev–Trinajstić information content (AvgIpc) is 3.04. The number of imidazole rings is 1. The Bertz CT molecular complexity index is 826. The van der Waals surface area contributed by atoms with Crippen molar-refractivity contribution in [3.63, 3.8) is 0 Å². The first-order valence-corrected chi connectivity index (χ1v) is 8.53. The van der Waals surface area contributed by atoms with Gasteiger partial charge >= 0.3 is 0 Å².